The fourth-order valence-corrected chi connectivity index (χ4v) is 3.22. The van der Waals surface area contributed by atoms with E-state index in [1.807, 2.05) is 44.2 Å². The van der Waals surface area contributed by atoms with Gasteiger partial charge in [0.15, 0.2) is 23.5 Å². The molecule has 3 aromatic rings. The number of benzene rings is 1. The molecule has 1 saturated heterocycles. The van der Waals surface area contributed by atoms with Crippen molar-refractivity contribution in [3.8, 4) is 11.4 Å². The Labute approximate surface area is 161 Å². The van der Waals surface area contributed by atoms with Gasteiger partial charge in [-0.3, -0.25) is 4.57 Å². The molecular weight excluding hydrogens is 362 g/mol. The number of aliphatic hydroxyl groups excluding tert-OH is 2. The summed E-state index contributed by atoms with van der Waals surface area (Å²) in [4.78, 5) is 13.2. The normalized spacial score (nSPS) is 25.0. The molecule has 4 rings (SSSR count). The van der Waals surface area contributed by atoms with Gasteiger partial charge in [-0.1, -0.05) is 30.3 Å². The Morgan fingerprint density at radius 1 is 1.18 bits per heavy atom. The fourth-order valence-electron chi connectivity index (χ4n) is 3.22. The molecule has 0 unspecified atom stereocenters. The van der Waals surface area contributed by atoms with E-state index in [0.717, 1.165) is 5.56 Å². The Balaban J connectivity index is 1.70. The van der Waals surface area contributed by atoms with Crippen LogP contribution in [0, 0.1) is 0 Å². The first-order valence-electron chi connectivity index (χ1n) is 9.14. The van der Waals surface area contributed by atoms with Crippen molar-refractivity contribution in [1.82, 2.24) is 19.5 Å². The van der Waals surface area contributed by atoms with Gasteiger partial charge in [-0.15, -0.1) is 0 Å². The number of nitrogens with two attached hydrogens (primary N) is 1. The van der Waals surface area contributed by atoms with Crippen LogP contribution in [0.5, 0.6) is 0 Å². The highest BCUT2D eigenvalue weighted by atomic mass is 16.6. The quantitative estimate of drug-likeness (QED) is 0.596. The van der Waals surface area contributed by atoms with Crippen LogP contribution in [0.3, 0.4) is 0 Å². The third-order valence-electron chi connectivity index (χ3n) is 4.69. The molecule has 9 heteroatoms. The molecule has 0 bridgehead atoms. The van der Waals surface area contributed by atoms with Crippen molar-refractivity contribution in [3.63, 3.8) is 0 Å². The van der Waals surface area contributed by atoms with Crippen LogP contribution in [0.1, 0.15) is 20.1 Å². The second kappa shape index (κ2) is 7.44. The molecule has 0 saturated carbocycles. The van der Waals surface area contributed by atoms with Crippen LogP contribution in [0.2, 0.25) is 0 Å². The molecule has 1 aliphatic heterocycles. The van der Waals surface area contributed by atoms with Crippen molar-refractivity contribution in [1.29, 1.82) is 0 Å². The van der Waals surface area contributed by atoms with Crippen molar-refractivity contribution in [3.05, 3.63) is 36.7 Å². The van der Waals surface area contributed by atoms with Gasteiger partial charge in [-0.25, -0.2) is 15.0 Å². The molecule has 0 radical (unpaired) electrons. The van der Waals surface area contributed by atoms with Crippen molar-refractivity contribution >= 4 is 17.0 Å². The van der Waals surface area contributed by atoms with Crippen LogP contribution >= 0.6 is 0 Å². The molecule has 4 N–H and O–H groups in total. The van der Waals surface area contributed by atoms with E-state index >= 15 is 0 Å². The van der Waals surface area contributed by atoms with Gasteiger partial charge in [-0.05, 0) is 13.8 Å². The van der Waals surface area contributed by atoms with E-state index in [4.69, 9.17) is 15.2 Å². The Morgan fingerprint density at radius 3 is 2.64 bits per heavy atom. The topological polar surface area (TPSA) is 129 Å². The first-order chi connectivity index (χ1) is 13.5. The standard InChI is InChI=1S/C19H23N5O4/c1-10(2)27-8-12-14(25)15(26)19(28-12)24-9-21-13-16(20)22-17(23-18(13)24)11-6-4-3-5-7-11/h3-7,9-10,12,14-15,19,25-26H,8H2,1-2H3,(H2,20,22,23)/t12-,14-,15-,19-/m1/s1. The molecule has 0 aliphatic carbocycles. The highest BCUT2D eigenvalue weighted by Gasteiger charge is 2.44. The Bertz CT molecular complexity index is 962. The lowest BCUT2D eigenvalue weighted by atomic mass is 10.1. The zero-order chi connectivity index (χ0) is 19.8. The molecule has 3 heterocycles. The zero-order valence-corrected chi connectivity index (χ0v) is 15.6. The minimum Gasteiger partial charge on any atom is -0.387 e. The minimum absolute atomic E-state index is 0.0120. The summed E-state index contributed by atoms with van der Waals surface area (Å²) in [5, 5.41) is 20.9. The summed E-state index contributed by atoms with van der Waals surface area (Å²) in [5.74, 6) is 0.676. The van der Waals surface area contributed by atoms with Gasteiger partial charge in [0.2, 0.25) is 0 Å². The van der Waals surface area contributed by atoms with Gasteiger partial charge in [0.05, 0.1) is 19.0 Å². The van der Waals surface area contributed by atoms with Gasteiger partial charge >= 0.3 is 0 Å². The molecule has 1 aliphatic rings. The van der Waals surface area contributed by atoms with Crippen LogP contribution in [0.4, 0.5) is 5.82 Å². The average Bonchev–Trinajstić information content (AvgIpc) is 3.23. The first kappa shape index (κ1) is 18.8. The molecule has 28 heavy (non-hydrogen) atoms. The third kappa shape index (κ3) is 3.33. The summed E-state index contributed by atoms with van der Waals surface area (Å²) in [6.07, 6.45) is -2.30. The smallest absolute Gasteiger partial charge is 0.168 e. The van der Waals surface area contributed by atoms with Crippen LogP contribution in [-0.2, 0) is 9.47 Å². The van der Waals surface area contributed by atoms with Crippen LogP contribution in [0.25, 0.3) is 22.6 Å². The van der Waals surface area contributed by atoms with E-state index in [-0.39, 0.29) is 18.5 Å². The highest BCUT2D eigenvalue weighted by molar-refractivity contribution is 5.83. The summed E-state index contributed by atoms with van der Waals surface area (Å²) < 4.78 is 13.0. The van der Waals surface area contributed by atoms with Gasteiger partial charge in [0, 0.05) is 5.56 Å². The predicted octanol–water partition coefficient (Wildman–Crippen LogP) is 1.12. The zero-order valence-electron chi connectivity index (χ0n) is 15.6. The van der Waals surface area contributed by atoms with Crippen molar-refractivity contribution in [2.45, 2.75) is 44.5 Å². The number of anilines is 1. The molecule has 0 spiro atoms. The SMILES string of the molecule is CC(C)OC[C@H]1O[C@@H](n2cnc3c(N)nc(-c4ccccc4)nc32)[C@H](O)[C@@H]1O. The first-order valence-corrected chi connectivity index (χ1v) is 9.14. The predicted molar refractivity (Wildman–Crippen MR) is 102 cm³/mol. The maximum atomic E-state index is 10.5. The second-order valence-corrected chi connectivity index (χ2v) is 7.05. The molecule has 9 nitrogen and oxygen atoms in total. The highest BCUT2D eigenvalue weighted by Crippen LogP contribution is 2.33. The Hall–Kier alpha value is -2.59. The Morgan fingerprint density at radius 2 is 1.93 bits per heavy atom. The van der Waals surface area contributed by atoms with Gasteiger partial charge < -0.3 is 25.4 Å². The summed E-state index contributed by atoms with van der Waals surface area (Å²) in [6, 6.07) is 9.43. The minimum atomic E-state index is -1.16. The number of fused-ring (bicyclic) bond motifs is 1. The summed E-state index contributed by atoms with van der Waals surface area (Å²) in [6.45, 7) is 3.96. The van der Waals surface area contributed by atoms with E-state index in [1.54, 1.807) is 4.57 Å². The maximum absolute atomic E-state index is 10.5. The molecule has 4 atom stereocenters. The number of nitrogens with zero attached hydrogens (tertiary/aromatic N) is 4. The molecule has 1 aromatic carbocycles. The molecule has 0 amide bonds. The Kier molecular flexibility index (Phi) is 4.98. The fraction of sp³-hybridized carbons (Fsp3) is 0.421. The van der Waals surface area contributed by atoms with E-state index < -0.39 is 24.5 Å². The van der Waals surface area contributed by atoms with Gasteiger partial charge in [-0.2, -0.15) is 0 Å². The molecule has 2 aromatic heterocycles. The number of rotatable bonds is 5. The number of hydrogen-bond acceptors (Lipinski definition) is 8. The number of nitrogen functional groups attached to an aromatic ring is 1. The second-order valence-electron chi connectivity index (χ2n) is 7.05. The summed E-state index contributed by atoms with van der Waals surface area (Å²) in [5.41, 5.74) is 7.72. The van der Waals surface area contributed by atoms with Crippen molar-refractivity contribution < 1.29 is 19.7 Å². The van der Waals surface area contributed by atoms with Gasteiger partial charge in [0.1, 0.15) is 23.8 Å². The van der Waals surface area contributed by atoms with E-state index in [2.05, 4.69) is 15.0 Å². The number of imidazole rings is 1. The largest absolute Gasteiger partial charge is 0.387 e. The lowest BCUT2D eigenvalue weighted by Gasteiger charge is -2.17. The average molecular weight is 385 g/mol. The third-order valence-corrected chi connectivity index (χ3v) is 4.69. The lowest BCUT2D eigenvalue weighted by Crippen LogP contribution is -2.34. The molecule has 1 fully saturated rings. The summed E-state index contributed by atoms with van der Waals surface area (Å²) >= 11 is 0. The van der Waals surface area contributed by atoms with Crippen LogP contribution in [0.15, 0.2) is 36.7 Å². The number of ether oxygens (including phenoxy) is 2. The van der Waals surface area contributed by atoms with E-state index in [0.29, 0.717) is 17.0 Å². The van der Waals surface area contributed by atoms with Crippen molar-refractivity contribution in [2.24, 2.45) is 0 Å². The number of aromatic nitrogens is 4. The maximum Gasteiger partial charge on any atom is 0.168 e. The van der Waals surface area contributed by atoms with Crippen molar-refractivity contribution in [2.75, 3.05) is 12.3 Å². The lowest BCUT2D eigenvalue weighted by molar-refractivity contribution is -0.0754. The van der Waals surface area contributed by atoms with Crippen LogP contribution < -0.4 is 5.73 Å². The number of aliphatic hydroxyl groups is 2. The van der Waals surface area contributed by atoms with Crippen LogP contribution in [-0.4, -0.2) is 60.8 Å². The van der Waals surface area contributed by atoms with E-state index in [9.17, 15) is 10.2 Å². The van der Waals surface area contributed by atoms with Gasteiger partial charge in [0.25, 0.3) is 0 Å². The molecular formula is C19H23N5O4. The monoisotopic (exact) mass is 385 g/mol. The number of hydrogen-bond donors (Lipinski definition) is 3. The molecule has 148 valence electrons. The van der Waals surface area contributed by atoms with E-state index in [1.165, 1.54) is 6.33 Å². The summed E-state index contributed by atoms with van der Waals surface area (Å²) in [7, 11) is 0.